The zero-order chi connectivity index (χ0) is 15.9. The van der Waals surface area contributed by atoms with Crippen LogP contribution in [-0.2, 0) is 6.54 Å². The normalized spacial score (nSPS) is 17.9. The second kappa shape index (κ2) is 9.86. The quantitative estimate of drug-likeness (QED) is 0.319. The molecule has 5 nitrogen and oxygen atoms in total. The van der Waals surface area contributed by atoms with Crippen molar-refractivity contribution in [3.8, 4) is 0 Å². The van der Waals surface area contributed by atoms with Gasteiger partial charge >= 0.3 is 0 Å². The van der Waals surface area contributed by atoms with Crippen molar-refractivity contribution >= 4 is 35.8 Å². The number of hydrogen-bond acceptors (Lipinski definition) is 3. The Morgan fingerprint density at radius 2 is 2.04 bits per heavy atom. The van der Waals surface area contributed by atoms with Gasteiger partial charge in [0.25, 0.3) is 0 Å². The summed E-state index contributed by atoms with van der Waals surface area (Å²) in [7, 11) is 0. The standard InChI is InChI=1S/C18H27N5.HI/c1-2-19-18(22-16-7-3-4-8-16)21-14-15-9-10-20-17(13-15)23-11-5-6-12-23;/h3-4,9-10,13,16H,2,5-8,11-12,14H2,1H3,(H2,19,21,22);1H. The van der Waals surface area contributed by atoms with E-state index < -0.39 is 0 Å². The third-order valence-corrected chi connectivity index (χ3v) is 4.35. The molecule has 0 saturated carbocycles. The van der Waals surface area contributed by atoms with Crippen LogP contribution in [0, 0.1) is 0 Å². The number of hydrogen-bond donors (Lipinski definition) is 2. The molecule has 0 unspecified atom stereocenters. The van der Waals surface area contributed by atoms with E-state index in [2.05, 4.69) is 51.7 Å². The van der Waals surface area contributed by atoms with E-state index in [9.17, 15) is 0 Å². The first-order valence-electron chi connectivity index (χ1n) is 8.75. The summed E-state index contributed by atoms with van der Waals surface area (Å²) < 4.78 is 0. The van der Waals surface area contributed by atoms with E-state index in [1.165, 1.54) is 18.4 Å². The van der Waals surface area contributed by atoms with Gasteiger partial charge in [0, 0.05) is 31.9 Å². The van der Waals surface area contributed by atoms with Crippen molar-refractivity contribution in [2.24, 2.45) is 4.99 Å². The highest BCUT2D eigenvalue weighted by molar-refractivity contribution is 14.0. The lowest BCUT2D eigenvalue weighted by molar-refractivity contribution is 0.633. The Hall–Kier alpha value is -1.31. The number of pyridine rings is 1. The second-order valence-corrected chi connectivity index (χ2v) is 6.20. The Kier molecular flexibility index (Phi) is 7.81. The van der Waals surface area contributed by atoms with Crippen LogP contribution in [0.3, 0.4) is 0 Å². The summed E-state index contributed by atoms with van der Waals surface area (Å²) in [5.74, 6) is 1.99. The summed E-state index contributed by atoms with van der Waals surface area (Å²) in [6.07, 6.45) is 11.1. The van der Waals surface area contributed by atoms with Gasteiger partial charge in [0.2, 0.25) is 0 Å². The van der Waals surface area contributed by atoms with Crippen LogP contribution in [0.1, 0.15) is 38.2 Å². The van der Waals surface area contributed by atoms with Gasteiger partial charge in [-0.3, -0.25) is 0 Å². The van der Waals surface area contributed by atoms with Crippen molar-refractivity contribution in [3.63, 3.8) is 0 Å². The van der Waals surface area contributed by atoms with Crippen LogP contribution in [0.25, 0.3) is 0 Å². The molecule has 0 spiro atoms. The average molecular weight is 441 g/mol. The van der Waals surface area contributed by atoms with Crippen molar-refractivity contribution in [2.75, 3.05) is 24.5 Å². The lowest BCUT2D eigenvalue weighted by atomic mass is 10.2. The average Bonchev–Trinajstić information content (AvgIpc) is 3.27. The molecule has 0 atom stereocenters. The zero-order valence-electron chi connectivity index (χ0n) is 14.4. The number of aromatic nitrogens is 1. The van der Waals surface area contributed by atoms with Gasteiger partial charge in [-0.15, -0.1) is 24.0 Å². The number of rotatable bonds is 5. The van der Waals surface area contributed by atoms with Crippen LogP contribution in [0.5, 0.6) is 0 Å². The smallest absolute Gasteiger partial charge is 0.191 e. The summed E-state index contributed by atoms with van der Waals surface area (Å²) in [5, 5.41) is 6.84. The SMILES string of the molecule is CCNC(=NCc1ccnc(N2CCCC2)c1)NC1CC=CC1.I. The van der Waals surface area contributed by atoms with E-state index in [-0.39, 0.29) is 24.0 Å². The first-order chi connectivity index (χ1) is 11.3. The maximum atomic E-state index is 4.74. The fraction of sp³-hybridized carbons (Fsp3) is 0.556. The Bertz CT molecular complexity index is 558. The highest BCUT2D eigenvalue weighted by Crippen LogP contribution is 2.18. The first-order valence-corrected chi connectivity index (χ1v) is 8.75. The predicted molar refractivity (Wildman–Crippen MR) is 111 cm³/mol. The van der Waals surface area contributed by atoms with Crippen molar-refractivity contribution in [1.29, 1.82) is 0 Å². The van der Waals surface area contributed by atoms with Crippen molar-refractivity contribution in [2.45, 2.75) is 45.2 Å². The van der Waals surface area contributed by atoms with E-state index in [0.717, 1.165) is 44.3 Å². The Morgan fingerprint density at radius 3 is 2.75 bits per heavy atom. The van der Waals surface area contributed by atoms with Crippen LogP contribution in [-0.4, -0.2) is 36.6 Å². The molecule has 6 heteroatoms. The van der Waals surface area contributed by atoms with Crippen LogP contribution >= 0.6 is 24.0 Å². The van der Waals surface area contributed by atoms with Gasteiger partial charge in [-0.1, -0.05) is 12.2 Å². The third-order valence-electron chi connectivity index (χ3n) is 4.35. The fourth-order valence-electron chi connectivity index (χ4n) is 3.10. The topological polar surface area (TPSA) is 52.6 Å². The van der Waals surface area contributed by atoms with Gasteiger partial charge in [-0.05, 0) is 50.3 Å². The summed E-state index contributed by atoms with van der Waals surface area (Å²) in [6.45, 7) is 5.90. The van der Waals surface area contributed by atoms with E-state index >= 15 is 0 Å². The van der Waals surface area contributed by atoms with Gasteiger partial charge in [-0.2, -0.15) is 0 Å². The van der Waals surface area contributed by atoms with Crippen LogP contribution < -0.4 is 15.5 Å². The molecule has 1 aromatic rings. The molecule has 0 radical (unpaired) electrons. The zero-order valence-corrected chi connectivity index (χ0v) is 16.7. The molecule has 3 rings (SSSR count). The molecule has 2 N–H and O–H groups in total. The number of aliphatic imine (C=N–C) groups is 1. The number of nitrogens with one attached hydrogen (secondary N) is 2. The Balaban J connectivity index is 0.00000208. The number of anilines is 1. The van der Waals surface area contributed by atoms with Crippen molar-refractivity contribution in [1.82, 2.24) is 15.6 Å². The Morgan fingerprint density at radius 1 is 1.29 bits per heavy atom. The highest BCUT2D eigenvalue weighted by atomic mass is 127. The molecule has 132 valence electrons. The molecule has 0 bridgehead atoms. The minimum Gasteiger partial charge on any atom is -0.357 e. The maximum Gasteiger partial charge on any atom is 0.191 e. The minimum absolute atomic E-state index is 0. The largest absolute Gasteiger partial charge is 0.357 e. The van der Waals surface area contributed by atoms with Gasteiger partial charge < -0.3 is 15.5 Å². The third kappa shape index (κ3) is 5.36. The molecule has 1 fully saturated rings. The molecule has 1 aromatic heterocycles. The highest BCUT2D eigenvalue weighted by Gasteiger charge is 2.14. The van der Waals surface area contributed by atoms with Gasteiger partial charge in [0.05, 0.1) is 6.54 Å². The summed E-state index contributed by atoms with van der Waals surface area (Å²) >= 11 is 0. The summed E-state index contributed by atoms with van der Waals surface area (Å²) in [6, 6.07) is 4.71. The Labute approximate surface area is 162 Å². The van der Waals surface area contributed by atoms with Crippen LogP contribution in [0.2, 0.25) is 0 Å². The predicted octanol–water partition coefficient (Wildman–Crippen LogP) is 3.07. The lowest BCUT2D eigenvalue weighted by Gasteiger charge is -2.18. The lowest BCUT2D eigenvalue weighted by Crippen LogP contribution is -2.42. The van der Waals surface area contributed by atoms with Gasteiger partial charge in [-0.25, -0.2) is 9.98 Å². The maximum absolute atomic E-state index is 4.74. The number of halogens is 1. The molecular weight excluding hydrogens is 413 g/mol. The van der Waals surface area contributed by atoms with Crippen molar-refractivity contribution in [3.05, 3.63) is 36.0 Å². The van der Waals surface area contributed by atoms with Crippen molar-refractivity contribution < 1.29 is 0 Å². The monoisotopic (exact) mass is 441 g/mol. The summed E-state index contributed by atoms with van der Waals surface area (Å²) in [4.78, 5) is 11.6. The van der Waals surface area contributed by atoms with E-state index in [1.54, 1.807) is 0 Å². The molecule has 2 aliphatic rings. The van der Waals surface area contributed by atoms with Crippen LogP contribution in [0.15, 0.2) is 35.5 Å². The summed E-state index contributed by atoms with van der Waals surface area (Å²) in [5.41, 5.74) is 1.21. The second-order valence-electron chi connectivity index (χ2n) is 6.20. The molecule has 0 aromatic carbocycles. The first kappa shape index (κ1) is 19.0. The number of nitrogens with zero attached hydrogens (tertiary/aromatic N) is 3. The number of guanidine groups is 1. The minimum atomic E-state index is 0. The van der Waals surface area contributed by atoms with Gasteiger partial charge in [0.15, 0.2) is 5.96 Å². The van der Waals surface area contributed by atoms with Gasteiger partial charge in [0.1, 0.15) is 5.82 Å². The fourth-order valence-corrected chi connectivity index (χ4v) is 3.10. The molecule has 0 amide bonds. The van der Waals surface area contributed by atoms with E-state index in [1.807, 2.05) is 6.20 Å². The van der Waals surface area contributed by atoms with Crippen LogP contribution in [0.4, 0.5) is 5.82 Å². The molecule has 2 heterocycles. The molecule has 1 aliphatic heterocycles. The van der Waals surface area contributed by atoms with E-state index in [0.29, 0.717) is 12.6 Å². The molecule has 1 aliphatic carbocycles. The molecule has 24 heavy (non-hydrogen) atoms. The molecule has 1 saturated heterocycles. The molecular formula is C18H28IN5. The van der Waals surface area contributed by atoms with E-state index in [4.69, 9.17) is 4.99 Å².